The number of nitrogens with one attached hydrogen (secondary N) is 1. The van der Waals surface area contributed by atoms with E-state index in [2.05, 4.69) is 20.5 Å². The van der Waals surface area contributed by atoms with Crippen molar-refractivity contribution < 1.29 is 0 Å². The molecule has 3 rings (SSSR count). The van der Waals surface area contributed by atoms with Gasteiger partial charge in [-0.05, 0) is 0 Å². The molecule has 3 aromatic rings. The molecule has 0 fully saturated rings. The number of alkyl halides is 1. The molecule has 0 saturated heterocycles. The van der Waals surface area contributed by atoms with E-state index in [1.54, 1.807) is 17.6 Å². The Balaban J connectivity index is 1.65. The summed E-state index contributed by atoms with van der Waals surface area (Å²) in [6.45, 7) is 0. The standard InChI is InChI=1S/C14H11ClN4SSe/c15-6-11-9-21-14(18-11)19-16-7-12-8-20-13(17-12)10-4-2-1-3-5-10/h1-5,7-9H,6H2,(H,18,19)/b16-7+. The summed E-state index contributed by atoms with van der Waals surface area (Å²) < 4.78 is 0.868. The summed E-state index contributed by atoms with van der Waals surface area (Å²) >= 11 is 7.52. The molecule has 0 amide bonds. The molecule has 0 aliphatic heterocycles. The van der Waals surface area contributed by atoms with E-state index in [1.165, 1.54) is 0 Å². The number of anilines is 1. The summed E-state index contributed by atoms with van der Waals surface area (Å²) in [6.07, 6.45) is 1.71. The van der Waals surface area contributed by atoms with Crippen molar-refractivity contribution in [3.63, 3.8) is 0 Å². The third-order valence-corrected chi connectivity index (χ3v) is 5.44. The molecular formula is C14H11ClN4SSe. The summed E-state index contributed by atoms with van der Waals surface area (Å²) in [4.78, 5) is 10.9. The fraction of sp³-hybridized carbons (Fsp3) is 0.0714. The molecule has 0 radical (unpaired) electrons. The van der Waals surface area contributed by atoms with Gasteiger partial charge in [0.2, 0.25) is 0 Å². The molecule has 0 spiro atoms. The number of aromatic nitrogens is 2. The first-order valence-corrected chi connectivity index (χ1v) is 9.41. The van der Waals surface area contributed by atoms with E-state index < -0.39 is 0 Å². The quantitative estimate of drug-likeness (QED) is 0.319. The molecule has 2 aromatic heterocycles. The van der Waals surface area contributed by atoms with Crippen LogP contribution in [0.15, 0.2) is 45.8 Å². The Bertz CT molecular complexity index is 738. The van der Waals surface area contributed by atoms with Crippen LogP contribution in [-0.4, -0.2) is 30.7 Å². The molecular weight excluding hydrogens is 371 g/mol. The second-order valence-electron chi connectivity index (χ2n) is 4.09. The van der Waals surface area contributed by atoms with Crippen molar-refractivity contribution in [2.45, 2.75) is 5.88 Å². The number of thiazole rings is 1. The summed E-state index contributed by atoms with van der Waals surface area (Å²) in [5, 5.41) is 7.15. The van der Waals surface area contributed by atoms with E-state index in [9.17, 15) is 0 Å². The number of benzene rings is 1. The van der Waals surface area contributed by atoms with Gasteiger partial charge in [-0.2, -0.15) is 0 Å². The molecule has 0 atom stereocenters. The van der Waals surface area contributed by atoms with Gasteiger partial charge in [-0.15, -0.1) is 0 Å². The number of hydrogen-bond acceptors (Lipinski definition) is 5. The van der Waals surface area contributed by atoms with Gasteiger partial charge in [0.1, 0.15) is 0 Å². The third-order valence-electron chi connectivity index (χ3n) is 2.59. The van der Waals surface area contributed by atoms with Crippen molar-refractivity contribution in [1.82, 2.24) is 9.97 Å². The Morgan fingerprint density at radius 2 is 2.14 bits per heavy atom. The maximum absolute atomic E-state index is 5.72. The van der Waals surface area contributed by atoms with E-state index in [4.69, 9.17) is 11.6 Å². The van der Waals surface area contributed by atoms with E-state index in [1.807, 2.05) is 40.7 Å². The molecule has 21 heavy (non-hydrogen) atoms. The van der Waals surface area contributed by atoms with Crippen LogP contribution in [0, 0.1) is 0 Å². The van der Waals surface area contributed by atoms with Crippen LogP contribution in [0.2, 0.25) is 0 Å². The van der Waals surface area contributed by atoms with E-state index in [0.29, 0.717) is 5.88 Å². The van der Waals surface area contributed by atoms with Gasteiger partial charge in [0, 0.05) is 0 Å². The zero-order valence-electron chi connectivity index (χ0n) is 10.9. The zero-order valence-corrected chi connectivity index (χ0v) is 14.1. The summed E-state index contributed by atoms with van der Waals surface area (Å²) in [5.41, 5.74) is 5.81. The van der Waals surface area contributed by atoms with Crippen molar-refractivity contribution in [1.29, 1.82) is 0 Å². The molecule has 106 valence electrons. The van der Waals surface area contributed by atoms with Crippen molar-refractivity contribution in [3.8, 4) is 10.6 Å². The molecule has 2 heterocycles. The fourth-order valence-electron chi connectivity index (χ4n) is 1.63. The number of rotatable bonds is 5. The SMILES string of the molecule is ClCc1c[se]c(N/N=C/c2csc(-c3ccccc3)n2)n1. The third kappa shape index (κ3) is 3.80. The summed E-state index contributed by atoms with van der Waals surface area (Å²) in [7, 11) is 0. The van der Waals surface area contributed by atoms with Gasteiger partial charge in [-0.1, -0.05) is 0 Å². The zero-order chi connectivity index (χ0) is 14.5. The van der Waals surface area contributed by atoms with Gasteiger partial charge in [0.25, 0.3) is 0 Å². The Morgan fingerprint density at radius 3 is 2.90 bits per heavy atom. The predicted molar refractivity (Wildman–Crippen MR) is 89.5 cm³/mol. The topological polar surface area (TPSA) is 50.2 Å². The molecule has 0 unspecified atom stereocenters. The first-order valence-electron chi connectivity index (χ1n) is 6.15. The van der Waals surface area contributed by atoms with Gasteiger partial charge in [0.05, 0.1) is 0 Å². The van der Waals surface area contributed by atoms with Crippen LogP contribution >= 0.6 is 22.9 Å². The monoisotopic (exact) mass is 382 g/mol. The number of hydrogen-bond donors (Lipinski definition) is 1. The molecule has 0 aliphatic rings. The second-order valence-corrected chi connectivity index (χ2v) is 7.02. The van der Waals surface area contributed by atoms with Crippen LogP contribution in [0.25, 0.3) is 10.6 Å². The average molecular weight is 382 g/mol. The van der Waals surface area contributed by atoms with Crippen LogP contribution in [-0.2, 0) is 5.88 Å². The number of hydrazone groups is 1. The van der Waals surface area contributed by atoms with Crippen LogP contribution in [0.5, 0.6) is 0 Å². The molecule has 0 bridgehead atoms. The second kappa shape index (κ2) is 7.00. The Hall–Kier alpha value is -1.46. The predicted octanol–water partition coefficient (Wildman–Crippen LogP) is 3.45. The summed E-state index contributed by atoms with van der Waals surface area (Å²) in [5.74, 6) is 0.448. The normalized spacial score (nSPS) is 11.1. The first-order chi connectivity index (χ1) is 10.3. The average Bonchev–Trinajstić information content (AvgIpc) is 3.17. The van der Waals surface area contributed by atoms with Crippen molar-refractivity contribution in [3.05, 3.63) is 52.0 Å². The van der Waals surface area contributed by atoms with Crippen molar-refractivity contribution in [2.75, 3.05) is 5.43 Å². The van der Waals surface area contributed by atoms with Gasteiger partial charge in [0.15, 0.2) is 0 Å². The van der Waals surface area contributed by atoms with Gasteiger partial charge < -0.3 is 0 Å². The van der Waals surface area contributed by atoms with E-state index in [-0.39, 0.29) is 14.5 Å². The van der Waals surface area contributed by atoms with Crippen molar-refractivity contribution in [2.24, 2.45) is 5.10 Å². The van der Waals surface area contributed by atoms with Crippen LogP contribution in [0.4, 0.5) is 4.69 Å². The van der Waals surface area contributed by atoms with Crippen LogP contribution in [0.1, 0.15) is 11.4 Å². The Labute approximate surface area is 137 Å². The van der Waals surface area contributed by atoms with E-state index in [0.717, 1.165) is 26.7 Å². The van der Waals surface area contributed by atoms with Crippen molar-refractivity contribution >= 4 is 48.3 Å². The fourth-order valence-corrected chi connectivity index (χ4v) is 4.14. The molecule has 0 saturated carbocycles. The minimum atomic E-state index is 0.193. The number of nitrogens with zero attached hydrogens (tertiary/aromatic N) is 3. The molecule has 1 aromatic carbocycles. The summed E-state index contributed by atoms with van der Waals surface area (Å²) in [6, 6.07) is 10.1. The molecule has 4 nitrogen and oxygen atoms in total. The number of halogens is 1. The van der Waals surface area contributed by atoms with Crippen LogP contribution in [0.3, 0.4) is 0 Å². The maximum atomic E-state index is 5.72. The minimum absolute atomic E-state index is 0.193. The van der Waals surface area contributed by atoms with Crippen LogP contribution < -0.4 is 5.43 Å². The van der Waals surface area contributed by atoms with Gasteiger partial charge in [-0.3, -0.25) is 0 Å². The first kappa shape index (κ1) is 14.5. The van der Waals surface area contributed by atoms with Gasteiger partial charge >= 0.3 is 137 Å². The van der Waals surface area contributed by atoms with E-state index >= 15 is 0 Å². The molecule has 0 aliphatic carbocycles. The van der Waals surface area contributed by atoms with Gasteiger partial charge in [-0.25, -0.2) is 0 Å². The Morgan fingerprint density at radius 1 is 1.29 bits per heavy atom. The molecule has 7 heteroatoms. The molecule has 1 N–H and O–H groups in total. The Kier molecular flexibility index (Phi) is 4.83.